The van der Waals surface area contributed by atoms with E-state index in [1.165, 1.54) is 0 Å². The van der Waals surface area contributed by atoms with E-state index in [1.54, 1.807) is 0 Å². The van der Waals surface area contributed by atoms with Gasteiger partial charge in [-0.25, -0.2) is 0 Å². The lowest BCUT2D eigenvalue weighted by Gasteiger charge is -2.09. The third-order valence-corrected chi connectivity index (χ3v) is 4.97. The van der Waals surface area contributed by atoms with E-state index < -0.39 is 0 Å². The van der Waals surface area contributed by atoms with E-state index in [4.69, 9.17) is 4.42 Å². The molecule has 0 amide bonds. The molecule has 3 aromatic carbocycles. The third kappa shape index (κ3) is 1.87. The Bertz CT molecular complexity index is 1320. The van der Waals surface area contributed by atoms with Crippen LogP contribution in [-0.4, -0.2) is 4.57 Å². The fourth-order valence-corrected chi connectivity index (χ4v) is 3.87. The molecule has 0 saturated heterocycles. The largest absolute Gasteiger partial charge is 0.454 e. The zero-order chi connectivity index (χ0) is 17.7. The molecule has 0 bridgehead atoms. The third-order valence-electron chi connectivity index (χ3n) is 4.97. The maximum Gasteiger partial charge on any atom is 0.159 e. The van der Waals surface area contributed by atoms with Crippen LogP contribution in [-0.2, 0) is 0 Å². The molecule has 0 unspecified atom stereocenters. The summed E-state index contributed by atoms with van der Waals surface area (Å²) >= 11 is 0. The molecule has 2 nitrogen and oxygen atoms in total. The molecule has 0 saturated carbocycles. The highest BCUT2D eigenvalue weighted by atomic mass is 16.3. The fraction of sp³-hybridized carbons (Fsp3) is 0. The standard InChI is InChI=1S/C24H17NO/c1-3-16-17-10-5-7-13-21(17)25(20(16)4-2)22-14-9-12-19-18-11-6-8-15-23(18)26-24(19)22/h3-15H,1-2H2. The van der Waals surface area contributed by atoms with Crippen LogP contribution in [0.15, 0.2) is 84.3 Å². The Labute approximate surface area is 151 Å². The Balaban J connectivity index is 1.98. The maximum atomic E-state index is 6.25. The SMILES string of the molecule is C=Cc1c(C=C)n(-c2cccc3c2oc2ccccc23)c2ccccc12. The topological polar surface area (TPSA) is 18.1 Å². The van der Waals surface area contributed by atoms with Gasteiger partial charge in [0.2, 0.25) is 0 Å². The Kier molecular flexibility index (Phi) is 3.13. The van der Waals surface area contributed by atoms with Crippen LogP contribution in [0.2, 0.25) is 0 Å². The Hall–Kier alpha value is -3.52. The van der Waals surface area contributed by atoms with Crippen LogP contribution < -0.4 is 0 Å². The van der Waals surface area contributed by atoms with E-state index in [1.807, 2.05) is 36.4 Å². The summed E-state index contributed by atoms with van der Waals surface area (Å²) in [6, 6.07) is 22.8. The van der Waals surface area contributed by atoms with Crippen molar-refractivity contribution in [2.24, 2.45) is 0 Å². The molecular formula is C24H17NO. The van der Waals surface area contributed by atoms with Crippen LogP contribution in [0.4, 0.5) is 0 Å². The highest BCUT2D eigenvalue weighted by molar-refractivity contribution is 6.08. The van der Waals surface area contributed by atoms with E-state index in [9.17, 15) is 0 Å². The van der Waals surface area contributed by atoms with Gasteiger partial charge < -0.3 is 8.98 Å². The molecule has 124 valence electrons. The molecule has 0 spiro atoms. The lowest BCUT2D eigenvalue weighted by Crippen LogP contribution is -1.97. The van der Waals surface area contributed by atoms with Gasteiger partial charge in [0.25, 0.3) is 0 Å². The maximum absolute atomic E-state index is 6.25. The molecule has 5 rings (SSSR count). The molecule has 0 N–H and O–H groups in total. The minimum atomic E-state index is 0.883. The average Bonchev–Trinajstić information content (AvgIpc) is 3.23. The first-order valence-corrected chi connectivity index (χ1v) is 8.62. The first kappa shape index (κ1) is 14.8. The molecule has 26 heavy (non-hydrogen) atoms. The Morgan fingerprint density at radius 3 is 2.27 bits per heavy atom. The summed E-state index contributed by atoms with van der Waals surface area (Å²) in [5.74, 6) is 0. The van der Waals surface area contributed by atoms with Crippen LogP contribution in [0.1, 0.15) is 11.3 Å². The average molecular weight is 335 g/mol. The smallest absolute Gasteiger partial charge is 0.159 e. The van der Waals surface area contributed by atoms with Gasteiger partial charge in [0, 0.05) is 21.7 Å². The van der Waals surface area contributed by atoms with Gasteiger partial charge in [-0.05, 0) is 24.3 Å². The second kappa shape index (κ2) is 5.50. The summed E-state index contributed by atoms with van der Waals surface area (Å²) in [7, 11) is 0. The summed E-state index contributed by atoms with van der Waals surface area (Å²) in [6.07, 6.45) is 3.78. The molecule has 0 atom stereocenters. The summed E-state index contributed by atoms with van der Waals surface area (Å²) in [4.78, 5) is 0. The monoisotopic (exact) mass is 335 g/mol. The Morgan fingerprint density at radius 2 is 1.46 bits per heavy atom. The van der Waals surface area contributed by atoms with Crippen LogP contribution >= 0.6 is 0 Å². The normalized spacial score (nSPS) is 11.4. The summed E-state index contributed by atoms with van der Waals surface area (Å²) in [5.41, 5.74) is 6.02. The number of nitrogens with zero attached hydrogens (tertiary/aromatic N) is 1. The summed E-state index contributed by atoms with van der Waals surface area (Å²) in [6.45, 7) is 8.05. The Morgan fingerprint density at radius 1 is 0.731 bits per heavy atom. The van der Waals surface area contributed by atoms with E-state index in [2.05, 4.69) is 60.2 Å². The number of rotatable bonds is 3. The van der Waals surface area contributed by atoms with Crippen LogP contribution in [0.5, 0.6) is 0 Å². The van der Waals surface area contributed by atoms with Gasteiger partial charge >= 0.3 is 0 Å². The molecule has 0 radical (unpaired) electrons. The van der Waals surface area contributed by atoms with E-state index in [-0.39, 0.29) is 0 Å². The van der Waals surface area contributed by atoms with Crippen molar-refractivity contribution in [2.45, 2.75) is 0 Å². The molecule has 5 aromatic rings. The first-order chi connectivity index (χ1) is 12.8. The van der Waals surface area contributed by atoms with Crippen molar-refractivity contribution in [1.29, 1.82) is 0 Å². The summed E-state index contributed by atoms with van der Waals surface area (Å²) in [5, 5.41) is 3.40. The van der Waals surface area contributed by atoms with Gasteiger partial charge in [-0.1, -0.05) is 67.8 Å². The zero-order valence-corrected chi connectivity index (χ0v) is 14.3. The van der Waals surface area contributed by atoms with Crippen molar-refractivity contribution in [1.82, 2.24) is 4.57 Å². The van der Waals surface area contributed by atoms with Crippen LogP contribution in [0.25, 0.3) is 50.7 Å². The predicted molar refractivity (Wildman–Crippen MR) is 111 cm³/mol. The van der Waals surface area contributed by atoms with Gasteiger partial charge in [-0.15, -0.1) is 0 Å². The van der Waals surface area contributed by atoms with Crippen molar-refractivity contribution in [3.05, 3.63) is 91.1 Å². The predicted octanol–water partition coefficient (Wildman–Crippen LogP) is 6.82. The second-order valence-electron chi connectivity index (χ2n) is 6.31. The lowest BCUT2D eigenvalue weighted by atomic mass is 10.1. The van der Waals surface area contributed by atoms with Crippen molar-refractivity contribution in [3.63, 3.8) is 0 Å². The molecular weight excluding hydrogens is 318 g/mol. The van der Waals surface area contributed by atoms with Gasteiger partial charge in [-0.2, -0.15) is 0 Å². The number of fused-ring (bicyclic) bond motifs is 4. The lowest BCUT2D eigenvalue weighted by molar-refractivity contribution is 0.666. The van der Waals surface area contributed by atoms with Gasteiger partial charge in [-0.3, -0.25) is 0 Å². The number of aromatic nitrogens is 1. The van der Waals surface area contributed by atoms with Crippen molar-refractivity contribution >= 4 is 45.0 Å². The highest BCUT2D eigenvalue weighted by Gasteiger charge is 2.18. The number of para-hydroxylation sites is 3. The van der Waals surface area contributed by atoms with Crippen molar-refractivity contribution in [3.8, 4) is 5.69 Å². The van der Waals surface area contributed by atoms with Crippen LogP contribution in [0, 0.1) is 0 Å². The van der Waals surface area contributed by atoms with Crippen molar-refractivity contribution in [2.75, 3.05) is 0 Å². The quantitative estimate of drug-likeness (QED) is 0.354. The number of furan rings is 1. The molecule has 2 aromatic heterocycles. The molecule has 2 heteroatoms. The molecule has 0 aliphatic heterocycles. The van der Waals surface area contributed by atoms with Gasteiger partial charge in [0.1, 0.15) is 5.58 Å². The minimum Gasteiger partial charge on any atom is -0.454 e. The molecule has 0 fully saturated rings. The van der Waals surface area contributed by atoms with Gasteiger partial charge in [0.15, 0.2) is 5.58 Å². The first-order valence-electron chi connectivity index (χ1n) is 8.62. The highest BCUT2D eigenvalue weighted by Crippen LogP contribution is 2.37. The van der Waals surface area contributed by atoms with E-state index in [0.29, 0.717) is 0 Å². The van der Waals surface area contributed by atoms with Crippen LogP contribution in [0.3, 0.4) is 0 Å². The number of hydrogen-bond acceptors (Lipinski definition) is 1. The van der Waals surface area contributed by atoms with E-state index in [0.717, 1.165) is 49.8 Å². The molecule has 0 aliphatic rings. The molecule has 2 heterocycles. The van der Waals surface area contributed by atoms with Gasteiger partial charge in [0.05, 0.1) is 16.9 Å². The second-order valence-corrected chi connectivity index (χ2v) is 6.31. The number of benzene rings is 3. The number of hydrogen-bond donors (Lipinski definition) is 0. The zero-order valence-electron chi connectivity index (χ0n) is 14.3. The van der Waals surface area contributed by atoms with E-state index >= 15 is 0 Å². The molecule has 0 aliphatic carbocycles. The summed E-state index contributed by atoms with van der Waals surface area (Å²) < 4.78 is 8.46. The minimum absolute atomic E-state index is 0.883. The van der Waals surface area contributed by atoms with Crippen molar-refractivity contribution < 1.29 is 4.42 Å². The fourth-order valence-electron chi connectivity index (χ4n) is 3.87.